The maximum Gasteiger partial charge on any atom is 0.336 e. The van der Waals surface area contributed by atoms with Crippen LogP contribution in [0, 0.1) is 22.7 Å². The molecule has 3 N–H and O–H groups in total. The summed E-state index contributed by atoms with van der Waals surface area (Å²) in [5.41, 5.74) is 0.911. The standard InChI is InChI=1S/C20H30O5/c1-12-4-7-16-19(2,9-8-17(23)20(16,3)11-21)14(12)6-5-13-15(22)10-25-18(13)24/h5,14-17,21-23H,1,4,6-11H2,2-3H3/b13-5+/t14-,15-,16-,17+,19-,20-/m0/s1. The van der Waals surface area contributed by atoms with E-state index in [2.05, 4.69) is 13.5 Å². The SMILES string of the molecule is C=C1CC[C@@H]2[C@](C)(CO)[C@H](O)CC[C@@]2(C)[C@H]1C/C=C1/C(=O)OC[C@@H]1O. The molecule has 3 aliphatic rings. The van der Waals surface area contributed by atoms with Crippen LogP contribution in [0.3, 0.4) is 0 Å². The fourth-order valence-electron chi connectivity index (χ4n) is 5.56. The zero-order valence-corrected chi connectivity index (χ0v) is 15.2. The number of fused-ring (bicyclic) bond motifs is 1. The molecule has 3 rings (SSSR count). The maximum absolute atomic E-state index is 11.8. The number of esters is 1. The number of aliphatic hydroxyl groups is 3. The smallest absolute Gasteiger partial charge is 0.336 e. The van der Waals surface area contributed by atoms with Crippen LogP contribution in [-0.2, 0) is 9.53 Å². The molecular weight excluding hydrogens is 320 g/mol. The molecule has 2 aliphatic carbocycles. The largest absolute Gasteiger partial charge is 0.459 e. The molecule has 2 saturated carbocycles. The minimum Gasteiger partial charge on any atom is -0.459 e. The highest BCUT2D eigenvalue weighted by Gasteiger charge is 2.57. The van der Waals surface area contributed by atoms with Crippen molar-refractivity contribution in [3.05, 3.63) is 23.8 Å². The number of hydrogen-bond acceptors (Lipinski definition) is 5. The first-order chi connectivity index (χ1) is 11.7. The molecule has 1 heterocycles. The van der Waals surface area contributed by atoms with Gasteiger partial charge in [0, 0.05) is 5.41 Å². The summed E-state index contributed by atoms with van der Waals surface area (Å²) in [5, 5.41) is 30.4. The highest BCUT2D eigenvalue weighted by molar-refractivity contribution is 5.91. The lowest BCUT2D eigenvalue weighted by molar-refractivity contribution is -0.151. The van der Waals surface area contributed by atoms with Crippen molar-refractivity contribution in [3.63, 3.8) is 0 Å². The summed E-state index contributed by atoms with van der Waals surface area (Å²) in [5.74, 6) is -0.0734. The van der Waals surface area contributed by atoms with E-state index in [1.54, 1.807) is 0 Å². The summed E-state index contributed by atoms with van der Waals surface area (Å²) in [6.45, 7) is 8.50. The number of allylic oxidation sites excluding steroid dienone is 2. The predicted octanol–water partition coefficient (Wildman–Crippen LogP) is 1.96. The first-order valence-electron chi connectivity index (χ1n) is 9.26. The van der Waals surface area contributed by atoms with Crippen molar-refractivity contribution in [2.75, 3.05) is 13.2 Å². The van der Waals surface area contributed by atoms with Crippen LogP contribution in [-0.4, -0.2) is 46.7 Å². The van der Waals surface area contributed by atoms with Crippen molar-refractivity contribution in [1.29, 1.82) is 0 Å². The number of cyclic esters (lactones) is 1. The van der Waals surface area contributed by atoms with Crippen molar-refractivity contribution in [3.8, 4) is 0 Å². The van der Waals surface area contributed by atoms with E-state index in [0.717, 1.165) is 24.8 Å². The molecule has 1 aliphatic heterocycles. The molecule has 0 unspecified atom stereocenters. The van der Waals surface area contributed by atoms with Crippen molar-refractivity contribution >= 4 is 5.97 Å². The molecule has 0 amide bonds. The Morgan fingerprint density at radius 1 is 1.32 bits per heavy atom. The fourth-order valence-corrected chi connectivity index (χ4v) is 5.56. The van der Waals surface area contributed by atoms with Gasteiger partial charge in [-0.25, -0.2) is 4.79 Å². The van der Waals surface area contributed by atoms with Gasteiger partial charge in [0.15, 0.2) is 0 Å². The van der Waals surface area contributed by atoms with Gasteiger partial charge < -0.3 is 20.1 Å². The van der Waals surface area contributed by atoms with E-state index in [-0.39, 0.29) is 30.5 Å². The molecule has 0 bridgehead atoms. The third kappa shape index (κ3) is 2.86. The fraction of sp³-hybridized carbons (Fsp3) is 0.750. The maximum atomic E-state index is 11.8. The van der Waals surface area contributed by atoms with Crippen molar-refractivity contribution in [2.45, 2.75) is 58.2 Å². The van der Waals surface area contributed by atoms with Crippen LogP contribution in [0.25, 0.3) is 0 Å². The van der Waals surface area contributed by atoms with Crippen LogP contribution in [0.1, 0.15) is 46.0 Å². The lowest BCUT2D eigenvalue weighted by atomic mass is 9.46. The average Bonchev–Trinajstić information content (AvgIpc) is 2.89. The Balaban J connectivity index is 1.89. The molecule has 6 atom stereocenters. The van der Waals surface area contributed by atoms with Gasteiger partial charge >= 0.3 is 5.97 Å². The van der Waals surface area contributed by atoms with Crippen LogP contribution < -0.4 is 0 Å². The predicted molar refractivity (Wildman–Crippen MR) is 93.6 cm³/mol. The molecule has 5 heteroatoms. The van der Waals surface area contributed by atoms with Crippen LogP contribution in [0.4, 0.5) is 0 Å². The number of carbonyl (C=O) groups is 1. The van der Waals surface area contributed by atoms with Gasteiger partial charge in [0.05, 0.1) is 18.3 Å². The monoisotopic (exact) mass is 350 g/mol. The quantitative estimate of drug-likeness (QED) is 0.411. The Morgan fingerprint density at radius 2 is 2.04 bits per heavy atom. The van der Waals surface area contributed by atoms with E-state index < -0.39 is 23.6 Å². The Labute approximate surface area is 149 Å². The molecule has 25 heavy (non-hydrogen) atoms. The van der Waals surface area contributed by atoms with Gasteiger partial charge in [-0.1, -0.05) is 32.1 Å². The molecule has 3 fully saturated rings. The van der Waals surface area contributed by atoms with Crippen LogP contribution in [0.15, 0.2) is 23.8 Å². The summed E-state index contributed by atoms with van der Waals surface area (Å²) in [6.07, 6.45) is 4.42. The van der Waals surface area contributed by atoms with E-state index in [0.29, 0.717) is 18.4 Å². The Morgan fingerprint density at radius 3 is 2.64 bits per heavy atom. The second kappa shape index (κ2) is 6.53. The Hall–Kier alpha value is -1.17. The van der Waals surface area contributed by atoms with E-state index in [4.69, 9.17) is 4.74 Å². The van der Waals surface area contributed by atoms with Gasteiger partial charge in [-0.3, -0.25) is 0 Å². The molecule has 0 aromatic rings. The lowest BCUT2D eigenvalue weighted by Gasteiger charge is -2.59. The highest BCUT2D eigenvalue weighted by atomic mass is 16.6. The second-order valence-corrected chi connectivity index (χ2v) is 8.54. The molecule has 0 spiro atoms. The average molecular weight is 350 g/mol. The first kappa shape index (κ1) is 18.6. The number of carbonyl (C=O) groups excluding carboxylic acids is 1. The zero-order chi connectivity index (χ0) is 18.4. The van der Waals surface area contributed by atoms with Gasteiger partial charge in [-0.05, 0) is 49.4 Å². The van der Waals surface area contributed by atoms with Gasteiger partial charge in [0.1, 0.15) is 12.7 Å². The Kier molecular flexibility index (Phi) is 4.86. The van der Waals surface area contributed by atoms with Crippen LogP contribution in [0.5, 0.6) is 0 Å². The van der Waals surface area contributed by atoms with Gasteiger partial charge in [-0.2, -0.15) is 0 Å². The van der Waals surface area contributed by atoms with Crippen LogP contribution in [0.2, 0.25) is 0 Å². The molecule has 0 aromatic heterocycles. The Bertz CT molecular complexity index is 597. The third-order valence-electron chi connectivity index (χ3n) is 7.23. The van der Waals surface area contributed by atoms with E-state index in [9.17, 15) is 20.1 Å². The van der Waals surface area contributed by atoms with Gasteiger partial charge in [0.2, 0.25) is 0 Å². The van der Waals surface area contributed by atoms with E-state index in [1.165, 1.54) is 0 Å². The zero-order valence-electron chi connectivity index (χ0n) is 15.2. The lowest BCUT2D eigenvalue weighted by Crippen LogP contribution is -2.57. The van der Waals surface area contributed by atoms with Gasteiger partial charge in [-0.15, -0.1) is 0 Å². The van der Waals surface area contributed by atoms with Crippen molar-refractivity contribution in [2.24, 2.45) is 22.7 Å². The topological polar surface area (TPSA) is 87.0 Å². The summed E-state index contributed by atoms with van der Waals surface area (Å²) in [7, 11) is 0. The van der Waals surface area contributed by atoms with Crippen LogP contribution >= 0.6 is 0 Å². The number of rotatable bonds is 3. The molecule has 0 radical (unpaired) electrons. The summed E-state index contributed by atoms with van der Waals surface area (Å²) in [4.78, 5) is 11.8. The molecule has 0 aromatic carbocycles. The molecule has 5 nitrogen and oxygen atoms in total. The normalized spacial score (nSPS) is 46.2. The molecule has 140 valence electrons. The number of hydrogen-bond donors (Lipinski definition) is 3. The molecular formula is C20H30O5. The minimum absolute atomic E-state index is 0.0280. The van der Waals surface area contributed by atoms with Crippen molar-refractivity contribution in [1.82, 2.24) is 0 Å². The van der Waals surface area contributed by atoms with Crippen molar-refractivity contribution < 1.29 is 24.9 Å². The third-order valence-corrected chi connectivity index (χ3v) is 7.23. The highest BCUT2D eigenvalue weighted by Crippen LogP contribution is 2.61. The van der Waals surface area contributed by atoms with E-state index in [1.807, 2.05) is 13.0 Å². The molecule has 1 saturated heterocycles. The summed E-state index contributed by atoms with van der Waals surface area (Å²) >= 11 is 0. The second-order valence-electron chi connectivity index (χ2n) is 8.54. The summed E-state index contributed by atoms with van der Waals surface area (Å²) in [6, 6.07) is 0. The summed E-state index contributed by atoms with van der Waals surface area (Å²) < 4.78 is 4.90. The number of aliphatic hydroxyl groups excluding tert-OH is 3. The van der Waals surface area contributed by atoms with Gasteiger partial charge in [0.25, 0.3) is 0 Å². The van der Waals surface area contributed by atoms with E-state index >= 15 is 0 Å². The first-order valence-corrected chi connectivity index (χ1v) is 9.26. The number of ether oxygens (including phenoxy) is 1. The minimum atomic E-state index is -0.844.